The molecule has 2 amide bonds. The van der Waals surface area contributed by atoms with E-state index in [2.05, 4.69) is 10.3 Å². The maximum atomic E-state index is 12.2. The number of hydrogen-bond acceptors (Lipinski definition) is 6. The van der Waals surface area contributed by atoms with Crippen molar-refractivity contribution in [1.82, 2.24) is 9.88 Å². The van der Waals surface area contributed by atoms with Gasteiger partial charge in [-0.15, -0.1) is 0 Å². The Hall–Kier alpha value is -3.29. The zero-order chi connectivity index (χ0) is 18.7. The number of pyridine rings is 1. The molecule has 0 bridgehead atoms. The van der Waals surface area contributed by atoms with Gasteiger partial charge in [0.25, 0.3) is 17.5 Å². The first-order valence-electron chi connectivity index (χ1n) is 8.29. The van der Waals surface area contributed by atoms with E-state index in [0.29, 0.717) is 42.0 Å². The maximum absolute atomic E-state index is 12.2. The predicted octanol–water partition coefficient (Wildman–Crippen LogP) is 2.79. The van der Waals surface area contributed by atoms with Gasteiger partial charge in [0.1, 0.15) is 12.0 Å². The standard InChI is InChI=1S/C18H18N4O4/c1-12-10-16(20-11-15(12)22(25)26)19-8-4-5-9-21-17(23)13-6-2-3-7-14(13)18(21)24/h2-3,6-7,10-11H,4-5,8-9H2,1H3,(H,19,20). The number of nitrogens with one attached hydrogen (secondary N) is 1. The number of anilines is 1. The van der Waals surface area contributed by atoms with Crippen molar-refractivity contribution >= 4 is 23.3 Å². The number of carbonyl (C=O) groups excluding carboxylic acids is 2. The largest absolute Gasteiger partial charge is 0.370 e. The Kier molecular flexibility index (Phi) is 4.92. The number of carbonyl (C=O) groups is 2. The molecule has 0 spiro atoms. The van der Waals surface area contributed by atoms with Gasteiger partial charge in [-0.05, 0) is 38.0 Å². The van der Waals surface area contributed by atoms with Crippen LogP contribution < -0.4 is 5.32 Å². The molecule has 134 valence electrons. The number of aromatic nitrogens is 1. The Morgan fingerprint density at radius 1 is 1.15 bits per heavy atom. The zero-order valence-corrected chi connectivity index (χ0v) is 14.3. The topological polar surface area (TPSA) is 105 Å². The number of fused-ring (bicyclic) bond motifs is 1. The van der Waals surface area contributed by atoms with Gasteiger partial charge in [-0.3, -0.25) is 24.6 Å². The minimum Gasteiger partial charge on any atom is -0.370 e. The first kappa shape index (κ1) is 17.5. The highest BCUT2D eigenvalue weighted by Crippen LogP contribution is 2.23. The number of rotatable bonds is 7. The van der Waals surface area contributed by atoms with Crippen molar-refractivity contribution < 1.29 is 14.5 Å². The molecule has 0 atom stereocenters. The molecule has 3 rings (SSSR count). The van der Waals surface area contributed by atoms with Crippen LogP contribution in [-0.4, -0.2) is 39.7 Å². The third-order valence-electron chi connectivity index (χ3n) is 4.27. The van der Waals surface area contributed by atoms with Crippen LogP contribution in [0.1, 0.15) is 39.1 Å². The number of hydrogen-bond donors (Lipinski definition) is 1. The second kappa shape index (κ2) is 7.30. The molecule has 8 nitrogen and oxygen atoms in total. The molecule has 0 saturated carbocycles. The lowest BCUT2D eigenvalue weighted by Crippen LogP contribution is -2.30. The van der Waals surface area contributed by atoms with Crippen molar-refractivity contribution in [2.75, 3.05) is 18.4 Å². The van der Waals surface area contributed by atoms with Crippen molar-refractivity contribution in [2.24, 2.45) is 0 Å². The van der Waals surface area contributed by atoms with Gasteiger partial charge in [0.2, 0.25) is 0 Å². The van der Waals surface area contributed by atoms with Gasteiger partial charge in [0.15, 0.2) is 0 Å². The number of aryl methyl sites for hydroxylation is 1. The van der Waals surface area contributed by atoms with Crippen molar-refractivity contribution in [2.45, 2.75) is 19.8 Å². The van der Waals surface area contributed by atoms with Crippen LogP contribution in [0.25, 0.3) is 0 Å². The molecule has 0 aliphatic carbocycles. The molecule has 0 fully saturated rings. The molecular formula is C18H18N4O4. The van der Waals surface area contributed by atoms with Gasteiger partial charge < -0.3 is 5.32 Å². The maximum Gasteiger partial charge on any atom is 0.290 e. The van der Waals surface area contributed by atoms with Crippen LogP contribution in [0.3, 0.4) is 0 Å². The summed E-state index contributed by atoms with van der Waals surface area (Å²) in [7, 11) is 0. The minimum atomic E-state index is -0.464. The lowest BCUT2D eigenvalue weighted by atomic mass is 10.1. The van der Waals surface area contributed by atoms with E-state index in [1.807, 2.05) is 0 Å². The molecule has 2 heterocycles. The van der Waals surface area contributed by atoms with Gasteiger partial charge in [0, 0.05) is 18.7 Å². The summed E-state index contributed by atoms with van der Waals surface area (Å²) in [5, 5.41) is 13.9. The molecular weight excluding hydrogens is 336 g/mol. The van der Waals surface area contributed by atoms with E-state index in [9.17, 15) is 19.7 Å². The lowest BCUT2D eigenvalue weighted by Gasteiger charge is -2.13. The van der Waals surface area contributed by atoms with Gasteiger partial charge in [0.05, 0.1) is 16.1 Å². The monoisotopic (exact) mass is 354 g/mol. The number of nitro groups is 1. The average molecular weight is 354 g/mol. The van der Waals surface area contributed by atoms with E-state index >= 15 is 0 Å². The van der Waals surface area contributed by atoms with Crippen LogP contribution in [0.5, 0.6) is 0 Å². The summed E-state index contributed by atoms with van der Waals surface area (Å²) in [6.45, 7) is 2.61. The minimum absolute atomic E-state index is 0.0128. The molecule has 26 heavy (non-hydrogen) atoms. The highest BCUT2D eigenvalue weighted by molar-refractivity contribution is 6.21. The van der Waals surface area contributed by atoms with Crippen molar-refractivity contribution in [3.63, 3.8) is 0 Å². The molecule has 2 aromatic rings. The van der Waals surface area contributed by atoms with E-state index in [1.54, 1.807) is 37.3 Å². The highest BCUT2D eigenvalue weighted by atomic mass is 16.6. The van der Waals surface area contributed by atoms with E-state index in [4.69, 9.17) is 0 Å². The van der Waals surface area contributed by atoms with Crippen molar-refractivity contribution in [3.05, 3.63) is 63.3 Å². The predicted molar refractivity (Wildman–Crippen MR) is 95.2 cm³/mol. The lowest BCUT2D eigenvalue weighted by molar-refractivity contribution is -0.385. The number of benzene rings is 1. The van der Waals surface area contributed by atoms with E-state index < -0.39 is 4.92 Å². The molecule has 8 heteroatoms. The zero-order valence-electron chi connectivity index (χ0n) is 14.3. The second-order valence-corrected chi connectivity index (χ2v) is 6.05. The molecule has 1 aromatic heterocycles. The van der Waals surface area contributed by atoms with E-state index in [0.717, 1.165) is 6.42 Å². The van der Waals surface area contributed by atoms with Crippen LogP contribution in [-0.2, 0) is 0 Å². The van der Waals surface area contributed by atoms with Crippen LogP contribution in [0, 0.1) is 17.0 Å². The fraction of sp³-hybridized carbons (Fsp3) is 0.278. The Labute approximate surface area is 150 Å². The molecule has 0 radical (unpaired) electrons. The quantitative estimate of drug-likeness (QED) is 0.355. The first-order chi connectivity index (χ1) is 12.5. The van der Waals surface area contributed by atoms with Gasteiger partial charge >= 0.3 is 0 Å². The summed E-state index contributed by atoms with van der Waals surface area (Å²) in [6, 6.07) is 8.45. The Morgan fingerprint density at radius 3 is 2.38 bits per heavy atom. The van der Waals surface area contributed by atoms with E-state index in [-0.39, 0.29) is 17.5 Å². The summed E-state index contributed by atoms with van der Waals surface area (Å²) in [5.74, 6) is 0.0752. The third-order valence-corrected chi connectivity index (χ3v) is 4.27. The molecule has 1 aliphatic rings. The number of unbranched alkanes of at least 4 members (excludes halogenated alkanes) is 1. The number of nitrogens with zero attached hydrogens (tertiary/aromatic N) is 3. The third kappa shape index (κ3) is 3.39. The van der Waals surface area contributed by atoms with Gasteiger partial charge in [-0.1, -0.05) is 12.1 Å². The Bertz CT molecular complexity index is 846. The van der Waals surface area contributed by atoms with Crippen molar-refractivity contribution in [3.8, 4) is 0 Å². The summed E-state index contributed by atoms with van der Waals surface area (Å²) in [5.41, 5.74) is 1.45. The Morgan fingerprint density at radius 2 is 1.81 bits per heavy atom. The molecule has 0 saturated heterocycles. The van der Waals surface area contributed by atoms with Gasteiger partial charge in [-0.25, -0.2) is 4.98 Å². The average Bonchev–Trinajstić information content (AvgIpc) is 2.86. The number of imide groups is 1. The Balaban J connectivity index is 1.47. The molecule has 1 aromatic carbocycles. The molecule has 1 aliphatic heterocycles. The normalized spacial score (nSPS) is 13.0. The molecule has 1 N–H and O–H groups in total. The fourth-order valence-corrected chi connectivity index (χ4v) is 2.89. The fourth-order valence-electron chi connectivity index (χ4n) is 2.89. The van der Waals surface area contributed by atoms with Crippen LogP contribution in [0.2, 0.25) is 0 Å². The molecule has 0 unspecified atom stereocenters. The number of amides is 2. The summed E-state index contributed by atoms with van der Waals surface area (Å²) >= 11 is 0. The van der Waals surface area contributed by atoms with Crippen LogP contribution in [0.15, 0.2) is 36.5 Å². The summed E-state index contributed by atoms with van der Waals surface area (Å²) in [4.78, 5) is 40.1. The second-order valence-electron chi connectivity index (χ2n) is 6.05. The summed E-state index contributed by atoms with van der Waals surface area (Å²) in [6.07, 6.45) is 2.62. The smallest absolute Gasteiger partial charge is 0.290 e. The SMILES string of the molecule is Cc1cc(NCCCCN2C(=O)c3ccccc3C2=O)ncc1[N+](=O)[O-]. The van der Waals surface area contributed by atoms with E-state index in [1.165, 1.54) is 11.1 Å². The first-order valence-corrected chi connectivity index (χ1v) is 8.29. The summed E-state index contributed by atoms with van der Waals surface area (Å²) < 4.78 is 0. The highest BCUT2D eigenvalue weighted by Gasteiger charge is 2.34. The van der Waals surface area contributed by atoms with Crippen LogP contribution in [0.4, 0.5) is 11.5 Å². The van der Waals surface area contributed by atoms with Crippen molar-refractivity contribution in [1.29, 1.82) is 0 Å². The van der Waals surface area contributed by atoms with Crippen LogP contribution >= 0.6 is 0 Å². The van der Waals surface area contributed by atoms with Gasteiger partial charge in [-0.2, -0.15) is 0 Å².